The van der Waals surface area contributed by atoms with Crippen molar-refractivity contribution < 1.29 is 4.39 Å². The first-order valence-corrected chi connectivity index (χ1v) is 4.25. The lowest BCUT2D eigenvalue weighted by atomic mass is 10.1. The van der Waals surface area contributed by atoms with E-state index >= 15 is 0 Å². The van der Waals surface area contributed by atoms with Crippen molar-refractivity contribution in [3.05, 3.63) is 47.0 Å². The molecule has 0 saturated carbocycles. The van der Waals surface area contributed by atoms with Crippen molar-refractivity contribution in [1.82, 2.24) is 0 Å². The van der Waals surface area contributed by atoms with Crippen LogP contribution in [0.4, 0.5) is 4.39 Å². The van der Waals surface area contributed by atoms with Gasteiger partial charge in [0.15, 0.2) is 0 Å². The molecule has 15 heavy (non-hydrogen) atoms. The van der Waals surface area contributed by atoms with Crippen LogP contribution in [0, 0.1) is 12.0 Å². The molecule has 0 unspecified atom stereocenters. The van der Waals surface area contributed by atoms with Crippen LogP contribution >= 0.6 is 24.0 Å². The molecule has 1 aliphatic heterocycles. The molecule has 6 heteroatoms. The summed E-state index contributed by atoms with van der Waals surface area (Å²) in [5.74, 6) is -0.384. The summed E-state index contributed by atoms with van der Waals surface area (Å²) in [5, 5.41) is 7.56. The Morgan fingerprint density at radius 2 is 2.07 bits per heavy atom. The molecule has 79 valence electrons. The lowest BCUT2D eigenvalue weighted by Gasteiger charge is -2.06. The highest BCUT2D eigenvalue weighted by Gasteiger charge is 2.18. The lowest BCUT2D eigenvalue weighted by molar-refractivity contribution is 0.628. The SMILES string of the molecule is Cl.N[C]1N=NC=C1c1ccc(F)cc1Cl. The highest BCUT2D eigenvalue weighted by atomic mass is 35.5. The molecular weight excluding hydrogens is 240 g/mol. The maximum absolute atomic E-state index is 12.7. The Bertz CT molecular complexity index is 431. The first kappa shape index (κ1) is 12.1. The van der Waals surface area contributed by atoms with Crippen molar-refractivity contribution >= 4 is 29.6 Å². The van der Waals surface area contributed by atoms with Gasteiger partial charge in [-0.15, -0.1) is 12.4 Å². The summed E-state index contributed by atoms with van der Waals surface area (Å²) >= 11 is 5.84. The van der Waals surface area contributed by atoms with E-state index in [9.17, 15) is 4.39 Å². The fourth-order valence-corrected chi connectivity index (χ4v) is 1.45. The zero-order valence-electron chi connectivity index (χ0n) is 7.45. The van der Waals surface area contributed by atoms with Gasteiger partial charge in [-0.2, -0.15) is 10.2 Å². The van der Waals surface area contributed by atoms with Gasteiger partial charge < -0.3 is 0 Å². The number of rotatable bonds is 1. The smallest absolute Gasteiger partial charge is 0.202 e. The Morgan fingerprint density at radius 1 is 1.33 bits per heavy atom. The van der Waals surface area contributed by atoms with Crippen LogP contribution < -0.4 is 5.73 Å². The molecule has 0 atom stereocenters. The van der Waals surface area contributed by atoms with Crippen LogP contribution in [0.5, 0.6) is 0 Å². The third-order valence-corrected chi connectivity index (χ3v) is 2.16. The third-order valence-electron chi connectivity index (χ3n) is 1.85. The Kier molecular flexibility index (Phi) is 3.79. The van der Waals surface area contributed by atoms with E-state index in [1.54, 1.807) is 6.07 Å². The van der Waals surface area contributed by atoms with Gasteiger partial charge in [-0.3, -0.25) is 5.73 Å². The van der Waals surface area contributed by atoms with E-state index in [1.807, 2.05) is 0 Å². The minimum Gasteiger partial charge on any atom is -0.298 e. The number of azo groups is 1. The summed E-state index contributed by atoms with van der Waals surface area (Å²) in [5.41, 5.74) is 6.81. The number of nitrogens with two attached hydrogens (primary N) is 1. The number of halogens is 3. The van der Waals surface area contributed by atoms with Crippen LogP contribution in [0.2, 0.25) is 5.02 Å². The maximum atomic E-state index is 12.7. The highest BCUT2D eigenvalue weighted by molar-refractivity contribution is 6.32. The van der Waals surface area contributed by atoms with E-state index in [0.717, 1.165) is 0 Å². The van der Waals surface area contributed by atoms with Crippen molar-refractivity contribution in [3.63, 3.8) is 0 Å². The molecule has 0 saturated heterocycles. The minimum atomic E-state index is -0.384. The summed E-state index contributed by atoms with van der Waals surface area (Å²) in [4.78, 5) is 0. The highest BCUT2D eigenvalue weighted by Crippen LogP contribution is 2.32. The molecule has 0 amide bonds. The molecule has 0 fully saturated rings. The van der Waals surface area contributed by atoms with Gasteiger partial charge in [-0.05, 0) is 12.1 Å². The van der Waals surface area contributed by atoms with Crippen LogP contribution in [-0.4, -0.2) is 0 Å². The zero-order chi connectivity index (χ0) is 10.1. The van der Waals surface area contributed by atoms with Crippen LogP contribution in [0.3, 0.4) is 0 Å². The Labute approximate surface area is 97.2 Å². The summed E-state index contributed by atoms with van der Waals surface area (Å²) in [6.45, 7) is 0. The van der Waals surface area contributed by atoms with E-state index in [1.165, 1.54) is 18.3 Å². The van der Waals surface area contributed by atoms with Gasteiger partial charge in [0.1, 0.15) is 5.82 Å². The first-order valence-electron chi connectivity index (χ1n) is 3.88. The molecule has 3 nitrogen and oxygen atoms in total. The van der Waals surface area contributed by atoms with E-state index in [-0.39, 0.29) is 18.2 Å². The Morgan fingerprint density at radius 3 is 2.60 bits per heavy atom. The standard InChI is InChI=1S/C9H6ClFN3.ClH/c10-8-3-5(11)1-2-6(8)7-4-13-14-9(7)12;/h1-4H,12H2;1H. The summed E-state index contributed by atoms with van der Waals surface area (Å²) < 4.78 is 12.7. The molecule has 1 aliphatic rings. The van der Waals surface area contributed by atoms with Crippen molar-refractivity contribution in [2.24, 2.45) is 16.0 Å². The summed E-state index contributed by atoms with van der Waals surface area (Å²) in [6, 6.07) is 4.09. The van der Waals surface area contributed by atoms with Gasteiger partial charge >= 0.3 is 0 Å². The molecule has 1 radical (unpaired) electrons. The summed E-state index contributed by atoms with van der Waals surface area (Å²) in [7, 11) is 0. The van der Waals surface area contributed by atoms with E-state index in [0.29, 0.717) is 22.3 Å². The number of hydrogen-bond donors (Lipinski definition) is 1. The fraction of sp³-hybridized carbons (Fsp3) is 0. The van der Waals surface area contributed by atoms with Gasteiger partial charge in [-0.1, -0.05) is 17.7 Å². The lowest BCUT2D eigenvalue weighted by Crippen LogP contribution is -2.06. The normalized spacial score (nSPS) is 15.0. The first-order chi connectivity index (χ1) is 6.68. The molecule has 0 bridgehead atoms. The molecule has 1 aromatic rings. The van der Waals surface area contributed by atoms with Crippen molar-refractivity contribution in [2.75, 3.05) is 0 Å². The van der Waals surface area contributed by atoms with Gasteiger partial charge in [0.05, 0.1) is 11.2 Å². The number of benzene rings is 1. The van der Waals surface area contributed by atoms with Crippen LogP contribution in [0.15, 0.2) is 34.6 Å². The monoisotopic (exact) mass is 246 g/mol. The molecule has 1 aromatic carbocycles. The van der Waals surface area contributed by atoms with Gasteiger partial charge in [0, 0.05) is 11.1 Å². The zero-order valence-corrected chi connectivity index (χ0v) is 9.02. The van der Waals surface area contributed by atoms with Crippen LogP contribution in [0.25, 0.3) is 5.57 Å². The van der Waals surface area contributed by atoms with E-state index < -0.39 is 0 Å². The van der Waals surface area contributed by atoms with E-state index in [4.69, 9.17) is 17.3 Å². The molecule has 0 aliphatic carbocycles. The van der Waals surface area contributed by atoms with Crippen molar-refractivity contribution in [2.45, 2.75) is 0 Å². The minimum absolute atomic E-state index is 0. The quantitative estimate of drug-likeness (QED) is 0.814. The second-order valence-electron chi connectivity index (χ2n) is 2.77. The topological polar surface area (TPSA) is 50.7 Å². The largest absolute Gasteiger partial charge is 0.298 e. The second-order valence-corrected chi connectivity index (χ2v) is 3.17. The Balaban J connectivity index is 0.00000112. The van der Waals surface area contributed by atoms with Crippen molar-refractivity contribution in [1.29, 1.82) is 0 Å². The molecular formula is C9H7Cl2FN3. The average Bonchev–Trinajstić information content (AvgIpc) is 2.52. The maximum Gasteiger partial charge on any atom is 0.202 e. The van der Waals surface area contributed by atoms with Gasteiger partial charge in [0.25, 0.3) is 0 Å². The van der Waals surface area contributed by atoms with Crippen LogP contribution in [-0.2, 0) is 0 Å². The van der Waals surface area contributed by atoms with Crippen LogP contribution in [0.1, 0.15) is 5.56 Å². The molecule has 0 spiro atoms. The second kappa shape index (κ2) is 4.70. The molecule has 2 N–H and O–H groups in total. The van der Waals surface area contributed by atoms with Gasteiger partial charge in [0.2, 0.25) is 6.17 Å². The number of nitrogens with zero attached hydrogens (tertiary/aromatic N) is 2. The molecule has 1 heterocycles. The predicted molar refractivity (Wildman–Crippen MR) is 58.9 cm³/mol. The Hall–Kier alpha value is -0.970. The van der Waals surface area contributed by atoms with Crippen molar-refractivity contribution in [3.8, 4) is 0 Å². The third kappa shape index (κ3) is 2.34. The van der Waals surface area contributed by atoms with Gasteiger partial charge in [-0.25, -0.2) is 4.39 Å². The predicted octanol–water partition coefficient (Wildman–Crippen LogP) is 3.16. The summed E-state index contributed by atoms with van der Waals surface area (Å²) in [6.07, 6.45) is 1.78. The fourth-order valence-electron chi connectivity index (χ4n) is 1.18. The van der Waals surface area contributed by atoms with E-state index in [2.05, 4.69) is 10.2 Å². The number of hydrogen-bond acceptors (Lipinski definition) is 3. The molecule has 2 rings (SSSR count). The average molecular weight is 247 g/mol. The molecule has 0 aromatic heterocycles.